The number of imidazole rings is 1. The molecule has 2 aromatic heterocycles. The van der Waals surface area contributed by atoms with Gasteiger partial charge in [-0.05, 0) is 24.5 Å². The summed E-state index contributed by atoms with van der Waals surface area (Å²) in [4.78, 5) is 25.8. The monoisotopic (exact) mass is 369 g/mol. The van der Waals surface area contributed by atoms with Crippen LogP contribution in [0.1, 0.15) is 30.1 Å². The first-order valence-corrected chi connectivity index (χ1v) is 9.77. The van der Waals surface area contributed by atoms with Crippen molar-refractivity contribution in [2.45, 2.75) is 25.3 Å². The van der Waals surface area contributed by atoms with E-state index in [0.717, 1.165) is 70.2 Å². The highest BCUT2D eigenvalue weighted by molar-refractivity contribution is 5.78. The molecule has 0 aromatic carbocycles. The van der Waals surface area contributed by atoms with Gasteiger partial charge in [0, 0.05) is 56.9 Å². The molecule has 0 radical (unpaired) electrons. The number of nitrogens with zero attached hydrogens (tertiary/aromatic N) is 5. The van der Waals surface area contributed by atoms with Crippen molar-refractivity contribution in [2.24, 2.45) is 0 Å². The van der Waals surface area contributed by atoms with Crippen LogP contribution in [0.5, 0.6) is 0 Å². The normalized spacial score (nSPS) is 21.3. The highest BCUT2D eigenvalue weighted by Gasteiger charge is 2.28. The Morgan fingerprint density at radius 1 is 1.22 bits per heavy atom. The maximum absolute atomic E-state index is 12.8. The first-order valence-electron chi connectivity index (χ1n) is 9.77. The molecule has 2 aromatic rings. The number of amides is 1. The van der Waals surface area contributed by atoms with E-state index in [9.17, 15) is 4.79 Å². The summed E-state index contributed by atoms with van der Waals surface area (Å²) < 4.78 is 7.56. The predicted octanol–water partition coefficient (Wildman–Crippen LogP) is 1.36. The molecule has 0 aliphatic carbocycles. The molecule has 0 spiro atoms. The van der Waals surface area contributed by atoms with Crippen LogP contribution in [-0.4, -0.2) is 76.2 Å². The number of carbonyl (C=O) groups excluding carboxylic acids is 1. The van der Waals surface area contributed by atoms with Gasteiger partial charge in [-0.2, -0.15) is 0 Å². The lowest BCUT2D eigenvalue weighted by Gasteiger charge is -2.35. The second kappa shape index (κ2) is 8.63. The average molecular weight is 369 g/mol. The summed E-state index contributed by atoms with van der Waals surface area (Å²) in [6, 6.07) is 4.04. The summed E-state index contributed by atoms with van der Waals surface area (Å²) in [5.74, 6) is 1.59. The molecule has 27 heavy (non-hydrogen) atoms. The van der Waals surface area contributed by atoms with Crippen LogP contribution in [0.15, 0.2) is 36.9 Å². The molecule has 144 valence electrons. The predicted molar refractivity (Wildman–Crippen MR) is 101 cm³/mol. The molecule has 7 heteroatoms. The molecule has 7 nitrogen and oxygen atoms in total. The summed E-state index contributed by atoms with van der Waals surface area (Å²) in [5, 5.41) is 0. The van der Waals surface area contributed by atoms with Gasteiger partial charge in [0.15, 0.2) is 0 Å². The molecule has 4 rings (SSSR count). The van der Waals surface area contributed by atoms with Gasteiger partial charge in [-0.1, -0.05) is 6.07 Å². The molecule has 0 unspecified atom stereocenters. The van der Waals surface area contributed by atoms with Crippen LogP contribution in [-0.2, 0) is 16.1 Å². The minimum Gasteiger partial charge on any atom is -0.379 e. The molecule has 2 aliphatic heterocycles. The Balaban J connectivity index is 1.39. The van der Waals surface area contributed by atoms with Gasteiger partial charge in [0.1, 0.15) is 5.82 Å². The van der Waals surface area contributed by atoms with Crippen LogP contribution in [0.25, 0.3) is 0 Å². The second-order valence-corrected chi connectivity index (χ2v) is 7.34. The summed E-state index contributed by atoms with van der Waals surface area (Å²) in [6.45, 7) is 6.01. The third-order valence-corrected chi connectivity index (χ3v) is 5.43. The van der Waals surface area contributed by atoms with Crippen LogP contribution in [0.4, 0.5) is 0 Å². The molecule has 2 saturated heterocycles. The van der Waals surface area contributed by atoms with Gasteiger partial charge in [0.25, 0.3) is 0 Å². The maximum atomic E-state index is 12.8. The molecule has 0 N–H and O–H groups in total. The molecule has 2 aliphatic rings. The van der Waals surface area contributed by atoms with E-state index in [0.29, 0.717) is 12.5 Å². The Kier molecular flexibility index (Phi) is 5.79. The first kappa shape index (κ1) is 18.1. The molecule has 0 saturated carbocycles. The fourth-order valence-electron chi connectivity index (χ4n) is 3.97. The van der Waals surface area contributed by atoms with Crippen LogP contribution >= 0.6 is 0 Å². The molecule has 1 atom stereocenters. The van der Waals surface area contributed by atoms with Gasteiger partial charge in [-0.15, -0.1) is 0 Å². The van der Waals surface area contributed by atoms with E-state index in [1.807, 2.05) is 29.6 Å². The topological polar surface area (TPSA) is 63.5 Å². The van der Waals surface area contributed by atoms with Crippen LogP contribution in [0.2, 0.25) is 0 Å². The zero-order valence-electron chi connectivity index (χ0n) is 15.7. The zero-order valence-corrected chi connectivity index (χ0v) is 15.7. The number of ether oxygens (including phenoxy) is 1. The molecule has 0 bridgehead atoms. The molecular formula is C20H27N5O2. The van der Waals surface area contributed by atoms with Gasteiger partial charge in [-0.25, -0.2) is 4.98 Å². The Morgan fingerprint density at radius 3 is 2.93 bits per heavy atom. The first-order chi connectivity index (χ1) is 13.3. The summed E-state index contributed by atoms with van der Waals surface area (Å²) in [6.07, 6.45) is 9.67. The quantitative estimate of drug-likeness (QED) is 0.796. The van der Waals surface area contributed by atoms with Gasteiger partial charge in [0.2, 0.25) is 5.91 Å². The van der Waals surface area contributed by atoms with Gasteiger partial charge in [0.05, 0.1) is 26.3 Å². The van der Waals surface area contributed by atoms with Crippen molar-refractivity contribution in [2.75, 3.05) is 45.9 Å². The SMILES string of the molecule is O=C(CN1CCOCC1)N1CCC[C@@H](c2nccn2Cc2cccnc2)C1. The number of aromatic nitrogens is 3. The fraction of sp³-hybridized carbons (Fsp3) is 0.550. The number of likely N-dealkylation sites (tertiary alicyclic amines) is 1. The van der Waals surface area contributed by atoms with Crippen molar-refractivity contribution in [3.8, 4) is 0 Å². The Hall–Kier alpha value is -2.25. The van der Waals surface area contributed by atoms with Gasteiger partial charge >= 0.3 is 0 Å². The Bertz CT molecular complexity index is 742. The van der Waals surface area contributed by atoms with E-state index in [-0.39, 0.29) is 5.91 Å². The highest BCUT2D eigenvalue weighted by atomic mass is 16.5. The number of pyridine rings is 1. The molecular weight excluding hydrogens is 342 g/mol. The van der Waals surface area contributed by atoms with Crippen LogP contribution < -0.4 is 0 Å². The average Bonchev–Trinajstić information content (AvgIpc) is 3.18. The standard InChI is InChI=1S/C20H27N5O2/c26-19(16-23-9-11-27-12-10-23)24-7-2-4-18(15-24)20-22-6-8-25(20)14-17-3-1-5-21-13-17/h1,3,5-6,8,13,18H,2,4,7,9-12,14-16H2/t18-/m1/s1. The van der Waals surface area contributed by atoms with Crippen LogP contribution in [0, 0.1) is 0 Å². The number of rotatable bonds is 5. The van der Waals surface area contributed by atoms with E-state index < -0.39 is 0 Å². The van der Waals surface area contributed by atoms with E-state index >= 15 is 0 Å². The fourth-order valence-corrected chi connectivity index (χ4v) is 3.97. The third kappa shape index (κ3) is 4.54. The highest BCUT2D eigenvalue weighted by Crippen LogP contribution is 2.26. The van der Waals surface area contributed by atoms with E-state index in [1.54, 1.807) is 6.20 Å². The lowest BCUT2D eigenvalue weighted by molar-refractivity contribution is -0.134. The number of morpholine rings is 1. The summed E-state index contributed by atoms with van der Waals surface area (Å²) in [7, 11) is 0. The van der Waals surface area contributed by atoms with E-state index in [1.165, 1.54) is 0 Å². The molecule has 2 fully saturated rings. The van der Waals surface area contributed by atoms with E-state index in [2.05, 4.69) is 25.5 Å². The molecule has 1 amide bonds. The van der Waals surface area contributed by atoms with Crippen molar-refractivity contribution in [3.63, 3.8) is 0 Å². The Morgan fingerprint density at radius 2 is 2.11 bits per heavy atom. The van der Waals surface area contributed by atoms with Crippen molar-refractivity contribution in [1.29, 1.82) is 0 Å². The van der Waals surface area contributed by atoms with Gasteiger partial charge in [-0.3, -0.25) is 14.7 Å². The zero-order chi connectivity index (χ0) is 18.5. The second-order valence-electron chi connectivity index (χ2n) is 7.34. The third-order valence-electron chi connectivity index (χ3n) is 5.43. The maximum Gasteiger partial charge on any atom is 0.236 e. The summed E-state index contributed by atoms with van der Waals surface area (Å²) >= 11 is 0. The minimum atomic E-state index is 0.229. The number of hydrogen-bond donors (Lipinski definition) is 0. The van der Waals surface area contributed by atoms with Gasteiger partial charge < -0.3 is 14.2 Å². The molecule has 4 heterocycles. The van der Waals surface area contributed by atoms with Crippen molar-refractivity contribution in [3.05, 3.63) is 48.3 Å². The largest absolute Gasteiger partial charge is 0.379 e. The van der Waals surface area contributed by atoms with E-state index in [4.69, 9.17) is 4.74 Å². The summed E-state index contributed by atoms with van der Waals surface area (Å²) in [5.41, 5.74) is 1.16. The van der Waals surface area contributed by atoms with Crippen LogP contribution in [0.3, 0.4) is 0 Å². The lowest BCUT2D eigenvalue weighted by atomic mass is 9.97. The van der Waals surface area contributed by atoms with Crippen molar-refractivity contribution >= 4 is 5.91 Å². The van der Waals surface area contributed by atoms with Crippen molar-refractivity contribution in [1.82, 2.24) is 24.3 Å². The minimum absolute atomic E-state index is 0.229. The number of carbonyl (C=O) groups is 1. The smallest absolute Gasteiger partial charge is 0.236 e. The van der Waals surface area contributed by atoms with Crippen molar-refractivity contribution < 1.29 is 9.53 Å². The lowest BCUT2D eigenvalue weighted by Crippen LogP contribution is -2.47. The number of hydrogen-bond acceptors (Lipinski definition) is 5. The number of piperidine rings is 1. The Labute approximate surface area is 160 Å².